The second-order valence-electron chi connectivity index (χ2n) is 6.34. The molecule has 5 nitrogen and oxygen atoms in total. The quantitative estimate of drug-likeness (QED) is 0.494. The van der Waals surface area contributed by atoms with Gasteiger partial charge in [-0.1, -0.05) is 17.7 Å². The highest BCUT2D eigenvalue weighted by atomic mass is 35.5. The zero-order valence-electron chi connectivity index (χ0n) is 14.0. The molecule has 27 heavy (non-hydrogen) atoms. The number of thiophene rings is 1. The van der Waals surface area contributed by atoms with E-state index in [0.717, 1.165) is 21.5 Å². The highest BCUT2D eigenvalue weighted by molar-refractivity contribution is 7.21. The zero-order valence-corrected chi connectivity index (χ0v) is 15.5. The lowest BCUT2D eigenvalue weighted by Gasteiger charge is -2.08. The SMILES string of the molecule is CC1=NN=C(c2sc3cccc(F)c3c2Cl)c2cc3oc(=O)[nH]c3cc2C1. The summed E-state index contributed by atoms with van der Waals surface area (Å²) in [5.41, 5.74) is 4.10. The minimum Gasteiger partial charge on any atom is -0.408 e. The minimum atomic E-state index is -0.518. The number of nitrogens with zero attached hydrogens (tertiary/aromatic N) is 2. The van der Waals surface area contributed by atoms with E-state index in [4.69, 9.17) is 16.0 Å². The third kappa shape index (κ3) is 2.54. The van der Waals surface area contributed by atoms with Crippen LogP contribution in [0.15, 0.2) is 49.7 Å². The minimum absolute atomic E-state index is 0.308. The topological polar surface area (TPSA) is 70.7 Å². The maximum absolute atomic E-state index is 14.3. The number of aromatic nitrogens is 1. The Kier molecular flexibility index (Phi) is 3.57. The summed E-state index contributed by atoms with van der Waals surface area (Å²) in [6.07, 6.45) is 0.572. The van der Waals surface area contributed by atoms with E-state index in [2.05, 4.69) is 15.2 Å². The highest BCUT2D eigenvalue weighted by Gasteiger charge is 2.24. The van der Waals surface area contributed by atoms with Crippen LogP contribution in [-0.2, 0) is 6.42 Å². The number of halogens is 2. The van der Waals surface area contributed by atoms with Gasteiger partial charge in [0, 0.05) is 27.8 Å². The molecule has 3 heterocycles. The molecule has 5 rings (SSSR count). The molecule has 0 aliphatic carbocycles. The highest BCUT2D eigenvalue weighted by Crippen LogP contribution is 2.39. The zero-order chi connectivity index (χ0) is 18.7. The van der Waals surface area contributed by atoms with Crippen molar-refractivity contribution < 1.29 is 8.81 Å². The molecule has 0 amide bonds. The van der Waals surface area contributed by atoms with E-state index in [9.17, 15) is 9.18 Å². The Morgan fingerprint density at radius 2 is 2.15 bits per heavy atom. The largest absolute Gasteiger partial charge is 0.417 e. The number of fused-ring (bicyclic) bond motifs is 3. The Morgan fingerprint density at radius 1 is 1.30 bits per heavy atom. The fraction of sp³-hybridized carbons (Fsp3) is 0.105. The molecule has 1 N–H and O–H groups in total. The molecule has 0 radical (unpaired) electrons. The number of H-pyrrole nitrogens is 1. The summed E-state index contributed by atoms with van der Waals surface area (Å²) in [6.45, 7) is 1.88. The lowest BCUT2D eigenvalue weighted by Crippen LogP contribution is -2.06. The molecular formula is C19H11ClFN3O2S. The van der Waals surface area contributed by atoms with Crippen LogP contribution in [-0.4, -0.2) is 16.4 Å². The number of oxazole rings is 1. The van der Waals surface area contributed by atoms with Crippen molar-refractivity contribution in [2.45, 2.75) is 13.3 Å². The number of benzene rings is 2. The van der Waals surface area contributed by atoms with Gasteiger partial charge in [0.05, 0.1) is 15.4 Å². The summed E-state index contributed by atoms with van der Waals surface area (Å²) < 4.78 is 20.2. The van der Waals surface area contributed by atoms with E-state index in [-0.39, 0.29) is 5.82 Å². The second kappa shape index (κ2) is 5.87. The van der Waals surface area contributed by atoms with Gasteiger partial charge in [-0.2, -0.15) is 5.10 Å². The van der Waals surface area contributed by atoms with E-state index in [1.165, 1.54) is 17.4 Å². The Morgan fingerprint density at radius 3 is 2.96 bits per heavy atom. The standard InChI is InChI=1S/C19H11ClFN3O2S/c1-8-5-9-6-12-13(26-19(25)22-12)7-10(9)17(24-23-8)18-16(20)15-11(21)3-2-4-14(15)27-18/h2-4,6-7H,5H2,1H3,(H,22,25). The van der Waals surface area contributed by atoms with Crippen LogP contribution in [0.5, 0.6) is 0 Å². The monoisotopic (exact) mass is 399 g/mol. The van der Waals surface area contributed by atoms with Crippen molar-refractivity contribution in [2.24, 2.45) is 10.2 Å². The maximum Gasteiger partial charge on any atom is 0.417 e. The molecule has 0 spiro atoms. The Bertz CT molecular complexity index is 1360. The number of rotatable bonds is 1. The van der Waals surface area contributed by atoms with Crippen molar-refractivity contribution in [2.75, 3.05) is 0 Å². The van der Waals surface area contributed by atoms with Gasteiger partial charge in [-0.3, -0.25) is 4.98 Å². The van der Waals surface area contributed by atoms with Crippen molar-refractivity contribution in [3.8, 4) is 0 Å². The van der Waals surface area contributed by atoms with Gasteiger partial charge in [-0.15, -0.1) is 16.4 Å². The van der Waals surface area contributed by atoms with Crippen LogP contribution in [0.4, 0.5) is 4.39 Å². The summed E-state index contributed by atoms with van der Waals surface area (Å²) in [5.74, 6) is -0.891. The van der Waals surface area contributed by atoms with Crippen LogP contribution >= 0.6 is 22.9 Å². The molecule has 0 atom stereocenters. The van der Waals surface area contributed by atoms with Crippen LogP contribution in [0.25, 0.3) is 21.2 Å². The first-order chi connectivity index (χ1) is 13.0. The van der Waals surface area contributed by atoms with Crippen molar-refractivity contribution >= 4 is 55.5 Å². The Labute approximate surface area is 160 Å². The Balaban J connectivity index is 1.82. The number of aromatic amines is 1. The van der Waals surface area contributed by atoms with Gasteiger partial charge in [0.2, 0.25) is 0 Å². The first-order valence-corrected chi connectivity index (χ1v) is 9.35. The Hall–Kier alpha value is -2.77. The van der Waals surface area contributed by atoms with E-state index in [0.29, 0.717) is 38.5 Å². The van der Waals surface area contributed by atoms with E-state index in [1.807, 2.05) is 19.1 Å². The van der Waals surface area contributed by atoms with Gasteiger partial charge in [0.1, 0.15) is 11.5 Å². The molecule has 1 aliphatic rings. The van der Waals surface area contributed by atoms with Gasteiger partial charge >= 0.3 is 5.76 Å². The van der Waals surface area contributed by atoms with Gasteiger partial charge in [0.15, 0.2) is 5.58 Å². The first kappa shape index (κ1) is 16.4. The fourth-order valence-electron chi connectivity index (χ4n) is 3.30. The normalized spacial score (nSPS) is 14.2. The number of nitrogens with one attached hydrogen (secondary N) is 1. The molecule has 4 aromatic rings. The predicted octanol–water partition coefficient (Wildman–Crippen LogP) is 4.90. The van der Waals surface area contributed by atoms with Gasteiger partial charge in [-0.05, 0) is 36.8 Å². The van der Waals surface area contributed by atoms with Crippen molar-refractivity contribution in [1.82, 2.24) is 4.98 Å². The molecular weight excluding hydrogens is 389 g/mol. The van der Waals surface area contributed by atoms with Crippen LogP contribution in [0.2, 0.25) is 5.02 Å². The molecule has 2 aromatic carbocycles. The summed E-state index contributed by atoms with van der Waals surface area (Å²) in [4.78, 5) is 14.9. The smallest absolute Gasteiger partial charge is 0.408 e. The summed E-state index contributed by atoms with van der Waals surface area (Å²) >= 11 is 7.89. The third-order valence-electron chi connectivity index (χ3n) is 4.49. The lowest BCUT2D eigenvalue weighted by molar-refractivity contribution is 0.555. The van der Waals surface area contributed by atoms with Gasteiger partial charge < -0.3 is 4.42 Å². The molecule has 0 saturated carbocycles. The molecule has 134 valence electrons. The van der Waals surface area contributed by atoms with Crippen molar-refractivity contribution in [1.29, 1.82) is 0 Å². The van der Waals surface area contributed by atoms with Crippen LogP contribution in [0.3, 0.4) is 0 Å². The predicted molar refractivity (Wildman–Crippen MR) is 106 cm³/mol. The van der Waals surface area contributed by atoms with E-state index >= 15 is 0 Å². The van der Waals surface area contributed by atoms with Crippen LogP contribution < -0.4 is 5.76 Å². The van der Waals surface area contributed by atoms with Gasteiger partial charge in [0.25, 0.3) is 0 Å². The summed E-state index contributed by atoms with van der Waals surface area (Å²) in [7, 11) is 0. The third-order valence-corrected chi connectivity index (χ3v) is 6.14. The molecule has 1 aliphatic heterocycles. The molecule has 0 saturated heterocycles. The molecule has 0 fully saturated rings. The molecule has 8 heteroatoms. The van der Waals surface area contributed by atoms with E-state index in [1.54, 1.807) is 12.1 Å². The fourth-order valence-corrected chi connectivity index (χ4v) is 4.86. The summed E-state index contributed by atoms with van der Waals surface area (Å²) in [6, 6.07) is 8.47. The molecule has 0 unspecified atom stereocenters. The first-order valence-electron chi connectivity index (χ1n) is 8.15. The lowest BCUT2D eigenvalue weighted by atomic mass is 9.97. The second-order valence-corrected chi connectivity index (χ2v) is 7.77. The average molecular weight is 400 g/mol. The molecule has 0 bridgehead atoms. The average Bonchev–Trinajstić information content (AvgIpc) is 3.10. The number of hydrogen-bond acceptors (Lipinski definition) is 5. The van der Waals surface area contributed by atoms with Crippen LogP contribution in [0.1, 0.15) is 22.9 Å². The van der Waals surface area contributed by atoms with Crippen molar-refractivity contribution in [3.05, 3.63) is 67.7 Å². The summed E-state index contributed by atoms with van der Waals surface area (Å²) in [5, 5.41) is 9.36. The maximum atomic E-state index is 14.3. The van der Waals surface area contributed by atoms with Crippen molar-refractivity contribution in [3.63, 3.8) is 0 Å². The van der Waals surface area contributed by atoms with E-state index < -0.39 is 5.76 Å². The van der Waals surface area contributed by atoms with Gasteiger partial charge in [-0.25, -0.2) is 9.18 Å². The van der Waals surface area contributed by atoms with Crippen LogP contribution in [0, 0.1) is 5.82 Å². The molecule has 2 aromatic heterocycles. The number of hydrogen-bond donors (Lipinski definition) is 1.